The Balaban J connectivity index is 2.03. The molecule has 0 fully saturated rings. The predicted octanol–water partition coefficient (Wildman–Crippen LogP) is 1.69. The van der Waals surface area contributed by atoms with Crippen molar-refractivity contribution in [2.45, 2.75) is 6.54 Å². The maximum absolute atomic E-state index is 10.6. The highest BCUT2D eigenvalue weighted by atomic mass is 32.1. The summed E-state index contributed by atoms with van der Waals surface area (Å²) in [5.74, 6) is 4.95. The van der Waals surface area contributed by atoms with Gasteiger partial charge in [0.05, 0.1) is 17.7 Å². The first-order valence-corrected chi connectivity index (χ1v) is 5.35. The number of aromatic nitrogens is 2. The van der Waals surface area contributed by atoms with E-state index in [0.29, 0.717) is 11.4 Å². The Morgan fingerprint density at radius 3 is 3.06 bits per heavy atom. The standard InChI is InChI=1S/C11H8N2O2S/c14-11(15)10-4-3-9(16-10)2-1-6-13-7-5-12-8-13/h3-5,7-8H,6H2,(H,14,15). The minimum absolute atomic E-state index is 0.312. The zero-order valence-corrected chi connectivity index (χ0v) is 9.07. The minimum Gasteiger partial charge on any atom is -0.477 e. The fraction of sp³-hybridized carbons (Fsp3) is 0.0909. The summed E-state index contributed by atoms with van der Waals surface area (Å²) in [6, 6.07) is 3.28. The van der Waals surface area contributed by atoms with Gasteiger partial charge in [-0.2, -0.15) is 0 Å². The lowest BCUT2D eigenvalue weighted by molar-refractivity contribution is 0.0702. The van der Waals surface area contributed by atoms with Gasteiger partial charge in [0.1, 0.15) is 4.88 Å². The van der Waals surface area contributed by atoms with Crippen molar-refractivity contribution < 1.29 is 9.90 Å². The molecular weight excluding hydrogens is 224 g/mol. The maximum atomic E-state index is 10.6. The number of carboxylic acids is 1. The summed E-state index contributed by atoms with van der Waals surface area (Å²) in [7, 11) is 0. The highest BCUT2D eigenvalue weighted by molar-refractivity contribution is 7.14. The fourth-order valence-corrected chi connectivity index (χ4v) is 1.84. The van der Waals surface area contributed by atoms with Crippen LogP contribution in [0.1, 0.15) is 14.5 Å². The van der Waals surface area contributed by atoms with Gasteiger partial charge in [-0.15, -0.1) is 11.3 Å². The fourth-order valence-electron chi connectivity index (χ4n) is 1.12. The summed E-state index contributed by atoms with van der Waals surface area (Å²) in [6.07, 6.45) is 5.20. The molecular formula is C11H8N2O2S. The second-order valence-electron chi connectivity index (χ2n) is 3.01. The van der Waals surface area contributed by atoms with Crippen molar-refractivity contribution >= 4 is 17.3 Å². The Bertz CT molecular complexity index is 546. The van der Waals surface area contributed by atoms with Crippen LogP contribution in [0, 0.1) is 11.8 Å². The maximum Gasteiger partial charge on any atom is 0.345 e. The molecule has 80 valence electrons. The monoisotopic (exact) mass is 232 g/mol. The molecule has 0 amide bonds. The van der Waals surface area contributed by atoms with Crippen molar-refractivity contribution in [2.24, 2.45) is 0 Å². The van der Waals surface area contributed by atoms with E-state index in [9.17, 15) is 4.79 Å². The lowest BCUT2D eigenvalue weighted by atomic mass is 10.4. The van der Waals surface area contributed by atoms with Gasteiger partial charge in [-0.05, 0) is 12.1 Å². The Morgan fingerprint density at radius 2 is 2.44 bits per heavy atom. The lowest BCUT2D eigenvalue weighted by Crippen LogP contribution is -1.90. The average Bonchev–Trinajstić information content (AvgIpc) is 2.87. The van der Waals surface area contributed by atoms with Crippen LogP contribution in [-0.4, -0.2) is 20.6 Å². The highest BCUT2D eigenvalue weighted by Gasteiger charge is 2.04. The number of nitrogens with zero attached hydrogens (tertiary/aromatic N) is 2. The lowest BCUT2D eigenvalue weighted by Gasteiger charge is -1.89. The number of rotatable bonds is 2. The smallest absolute Gasteiger partial charge is 0.345 e. The Kier molecular flexibility index (Phi) is 3.03. The van der Waals surface area contributed by atoms with Crippen molar-refractivity contribution in [3.05, 3.63) is 40.6 Å². The third kappa shape index (κ3) is 2.49. The van der Waals surface area contributed by atoms with Gasteiger partial charge >= 0.3 is 5.97 Å². The van der Waals surface area contributed by atoms with E-state index in [-0.39, 0.29) is 0 Å². The van der Waals surface area contributed by atoms with Crippen molar-refractivity contribution in [1.29, 1.82) is 0 Å². The molecule has 1 N–H and O–H groups in total. The van der Waals surface area contributed by atoms with Gasteiger partial charge in [0.15, 0.2) is 0 Å². The molecule has 0 aliphatic carbocycles. The Hall–Kier alpha value is -2.06. The molecule has 0 bridgehead atoms. The van der Waals surface area contributed by atoms with E-state index >= 15 is 0 Å². The van der Waals surface area contributed by atoms with Crippen LogP contribution in [0.2, 0.25) is 0 Å². The molecule has 4 nitrogen and oxygen atoms in total. The van der Waals surface area contributed by atoms with Gasteiger partial charge in [0.25, 0.3) is 0 Å². The molecule has 2 aromatic rings. The van der Waals surface area contributed by atoms with Gasteiger partial charge in [-0.1, -0.05) is 11.8 Å². The van der Waals surface area contributed by atoms with Crippen LogP contribution in [0.25, 0.3) is 0 Å². The normalized spacial score (nSPS) is 9.50. The molecule has 0 atom stereocenters. The first-order valence-electron chi connectivity index (χ1n) is 4.53. The second-order valence-corrected chi connectivity index (χ2v) is 4.09. The van der Waals surface area contributed by atoms with Crippen LogP contribution < -0.4 is 0 Å². The van der Waals surface area contributed by atoms with Crippen LogP contribution in [0.15, 0.2) is 30.9 Å². The van der Waals surface area contributed by atoms with E-state index in [1.807, 2.05) is 10.8 Å². The van der Waals surface area contributed by atoms with E-state index in [1.165, 1.54) is 11.3 Å². The second kappa shape index (κ2) is 4.64. The van der Waals surface area contributed by atoms with Crippen molar-refractivity contribution in [1.82, 2.24) is 9.55 Å². The summed E-state index contributed by atoms with van der Waals surface area (Å²) in [5.41, 5.74) is 0. The Labute approximate surface area is 96.2 Å². The van der Waals surface area contributed by atoms with E-state index in [0.717, 1.165) is 4.88 Å². The average molecular weight is 232 g/mol. The first-order chi connectivity index (χ1) is 7.75. The molecule has 2 aromatic heterocycles. The number of aromatic carboxylic acids is 1. The van der Waals surface area contributed by atoms with Crippen LogP contribution in [0.5, 0.6) is 0 Å². The zero-order valence-electron chi connectivity index (χ0n) is 8.25. The molecule has 0 aliphatic rings. The minimum atomic E-state index is -0.910. The molecule has 0 aliphatic heterocycles. The van der Waals surface area contributed by atoms with E-state index in [4.69, 9.17) is 5.11 Å². The molecule has 2 heterocycles. The predicted molar refractivity (Wildman–Crippen MR) is 60.4 cm³/mol. The number of imidazole rings is 1. The molecule has 0 aromatic carbocycles. The van der Waals surface area contributed by atoms with Gasteiger partial charge < -0.3 is 9.67 Å². The number of carbonyl (C=O) groups is 1. The summed E-state index contributed by atoms with van der Waals surface area (Å²) in [5, 5.41) is 8.72. The largest absolute Gasteiger partial charge is 0.477 e. The molecule has 0 saturated carbocycles. The number of hydrogen-bond acceptors (Lipinski definition) is 3. The van der Waals surface area contributed by atoms with Crippen molar-refractivity contribution in [3.8, 4) is 11.8 Å². The first kappa shape index (κ1) is 10.5. The summed E-state index contributed by atoms with van der Waals surface area (Å²) < 4.78 is 1.85. The van der Waals surface area contributed by atoms with Crippen LogP contribution in [-0.2, 0) is 6.54 Å². The Morgan fingerprint density at radius 1 is 1.56 bits per heavy atom. The van der Waals surface area contributed by atoms with E-state index < -0.39 is 5.97 Å². The van der Waals surface area contributed by atoms with Gasteiger partial charge in [-0.3, -0.25) is 0 Å². The topological polar surface area (TPSA) is 55.1 Å². The van der Waals surface area contributed by atoms with E-state index in [1.54, 1.807) is 24.7 Å². The van der Waals surface area contributed by atoms with Gasteiger partial charge in [0.2, 0.25) is 0 Å². The quantitative estimate of drug-likeness (QED) is 0.802. The highest BCUT2D eigenvalue weighted by Crippen LogP contribution is 2.14. The van der Waals surface area contributed by atoms with Crippen molar-refractivity contribution in [3.63, 3.8) is 0 Å². The van der Waals surface area contributed by atoms with Crippen LogP contribution in [0.4, 0.5) is 0 Å². The number of hydrogen-bond donors (Lipinski definition) is 1. The SMILES string of the molecule is O=C(O)c1ccc(C#CCn2ccnc2)s1. The van der Waals surface area contributed by atoms with Crippen LogP contribution in [0.3, 0.4) is 0 Å². The third-order valence-electron chi connectivity index (χ3n) is 1.85. The number of thiophene rings is 1. The number of carboxylic acid groups (broad SMARTS) is 1. The molecule has 0 unspecified atom stereocenters. The molecule has 0 radical (unpaired) electrons. The molecule has 2 rings (SSSR count). The molecule has 0 saturated heterocycles. The van der Waals surface area contributed by atoms with Crippen molar-refractivity contribution in [2.75, 3.05) is 0 Å². The van der Waals surface area contributed by atoms with Gasteiger partial charge in [-0.25, -0.2) is 9.78 Å². The summed E-state index contributed by atoms with van der Waals surface area (Å²) in [4.78, 5) is 15.6. The third-order valence-corrected chi connectivity index (χ3v) is 2.84. The molecule has 5 heteroatoms. The summed E-state index contributed by atoms with van der Waals surface area (Å²) in [6.45, 7) is 0.556. The van der Waals surface area contributed by atoms with E-state index in [2.05, 4.69) is 16.8 Å². The summed E-state index contributed by atoms with van der Waals surface area (Å²) >= 11 is 1.18. The molecule has 16 heavy (non-hydrogen) atoms. The zero-order chi connectivity index (χ0) is 11.4. The van der Waals surface area contributed by atoms with Gasteiger partial charge in [0, 0.05) is 12.4 Å². The van der Waals surface area contributed by atoms with Crippen LogP contribution >= 0.6 is 11.3 Å². The molecule has 0 spiro atoms.